The van der Waals surface area contributed by atoms with Gasteiger partial charge in [-0.2, -0.15) is 0 Å². The van der Waals surface area contributed by atoms with Crippen LogP contribution in [0.5, 0.6) is 5.75 Å². The van der Waals surface area contributed by atoms with Gasteiger partial charge in [-0.25, -0.2) is 4.98 Å². The summed E-state index contributed by atoms with van der Waals surface area (Å²) >= 11 is 0. The van der Waals surface area contributed by atoms with E-state index in [0.29, 0.717) is 25.1 Å². The van der Waals surface area contributed by atoms with E-state index in [1.54, 1.807) is 6.07 Å². The van der Waals surface area contributed by atoms with Crippen LogP contribution in [0.25, 0.3) is 11.0 Å². The number of rotatable bonds is 11. The fraction of sp³-hybridized carbons (Fsp3) is 0.276. The number of hydrogen-bond acceptors (Lipinski definition) is 4. The molecule has 0 atom stereocenters. The number of aromatic nitrogens is 2. The minimum Gasteiger partial charge on any atom is -0.494 e. The molecule has 1 aromatic heterocycles. The Morgan fingerprint density at radius 1 is 0.917 bits per heavy atom. The number of fused-ring (bicyclic) bond motifs is 1. The topological polar surface area (TPSA) is 96.1 Å². The Balaban J connectivity index is 1.32. The smallest absolute Gasteiger partial charge is 0.251 e. The van der Waals surface area contributed by atoms with Crippen molar-refractivity contribution in [3.8, 4) is 5.75 Å². The van der Waals surface area contributed by atoms with Crippen LogP contribution in [0.3, 0.4) is 0 Å². The number of carbonyl (C=O) groups excluding carboxylic acids is 2. The Morgan fingerprint density at radius 2 is 1.67 bits per heavy atom. The summed E-state index contributed by atoms with van der Waals surface area (Å²) in [5, 5.41) is 5.83. The van der Waals surface area contributed by atoms with E-state index in [2.05, 4.69) is 27.5 Å². The van der Waals surface area contributed by atoms with Crippen LogP contribution in [0.2, 0.25) is 0 Å². The van der Waals surface area contributed by atoms with Crippen LogP contribution in [-0.4, -0.2) is 28.4 Å². The van der Waals surface area contributed by atoms with Gasteiger partial charge in [0.15, 0.2) is 0 Å². The molecule has 36 heavy (non-hydrogen) atoms. The number of nitrogens with zero attached hydrogens (tertiary/aromatic N) is 1. The number of hydrogen-bond donors (Lipinski definition) is 3. The lowest BCUT2D eigenvalue weighted by Gasteiger charge is -2.08. The fourth-order valence-corrected chi connectivity index (χ4v) is 3.80. The molecule has 4 rings (SSSR count). The number of imidazole rings is 1. The zero-order chi connectivity index (χ0) is 25.3. The molecule has 0 aliphatic rings. The summed E-state index contributed by atoms with van der Waals surface area (Å²) in [4.78, 5) is 32.2. The molecule has 2 amide bonds. The lowest BCUT2D eigenvalue weighted by molar-refractivity contribution is -0.115. The number of aromatic amines is 1. The van der Waals surface area contributed by atoms with E-state index >= 15 is 0 Å². The Bertz CT molecular complexity index is 1310. The first-order chi connectivity index (χ1) is 17.5. The lowest BCUT2D eigenvalue weighted by atomic mass is 10.1. The van der Waals surface area contributed by atoms with Crippen molar-refractivity contribution in [1.82, 2.24) is 15.3 Å². The standard InChI is InChI=1S/C29H32N4O3/c1-3-17-36-24-13-7-21(8-14-24)19-30-29(35)22-10-15-25-26(18-22)33-27(32-25)16-9-20-5-11-23(12-6-20)31-28(34)4-2/h5-8,10-15,18H,3-4,9,16-17,19H2,1-2H3,(H,30,35)(H,31,34)(H,32,33). The maximum atomic E-state index is 12.7. The SMILES string of the molecule is CCCOc1ccc(CNC(=O)c2ccc3nc(CCc4ccc(NC(=O)CC)cc4)[nH]c3c2)cc1. The van der Waals surface area contributed by atoms with Crippen molar-refractivity contribution in [2.75, 3.05) is 11.9 Å². The number of nitrogens with one attached hydrogen (secondary N) is 3. The highest BCUT2D eigenvalue weighted by atomic mass is 16.5. The Hall–Kier alpha value is -4.13. The zero-order valence-electron chi connectivity index (χ0n) is 20.8. The molecule has 0 fully saturated rings. The number of ether oxygens (including phenoxy) is 1. The summed E-state index contributed by atoms with van der Waals surface area (Å²) in [5.74, 6) is 1.58. The number of benzene rings is 3. The minimum absolute atomic E-state index is 0.00430. The summed E-state index contributed by atoms with van der Waals surface area (Å²) in [6, 6.07) is 21.2. The molecular weight excluding hydrogens is 452 g/mol. The van der Waals surface area contributed by atoms with Gasteiger partial charge in [-0.15, -0.1) is 0 Å². The first-order valence-corrected chi connectivity index (χ1v) is 12.4. The second-order valence-electron chi connectivity index (χ2n) is 8.69. The van der Waals surface area contributed by atoms with E-state index in [9.17, 15) is 9.59 Å². The summed E-state index contributed by atoms with van der Waals surface area (Å²) in [7, 11) is 0. The van der Waals surface area contributed by atoms with E-state index in [4.69, 9.17) is 4.74 Å². The number of H-pyrrole nitrogens is 1. The van der Waals surface area contributed by atoms with Gasteiger partial charge in [-0.3, -0.25) is 9.59 Å². The van der Waals surface area contributed by atoms with Gasteiger partial charge in [-0.1, -0.05) is 38.1 Å². The van der Waals surface area contributed by atoms with Gasteiger partial charge < -0.3 is 20.4 Å². The van der Waals surface area contributed by atoms with Crippen molar-refractivity contribution in [1.29, 1.82) is 0 Å². The van der Waals surface area contributed by atoms with Crippen molar-refractivity contribution < 1.29 is 14.3 Å². The second-order valence-corrected chi connectivity index (χ2v) is 8.69. The van der Waals surface area contributed by atoms with Gasteiger partial charge in [0.25, 0.3) is 5.91 Å². The predicted octanol–water partition coefficient (Wildman–Crippen LogP) is 5.42. The molecule has 7 nitrogen and oxygen atoms in total. The Morgan fingerprint density at radius 3 is 2.39 bits per heavy atom. The van der Waals surface area contributed by atoms with Gasteiger partial charge in [0, 0.05) is 30.6 Å². The Labute approximate surface area is 211 Å². The zero-order valence-corrected chi connectivity index (χ0v) is 20.8. The summed E-state index contributed by atoms with van der Waals surface area (Å²) in [5.41, 5.74) is 5.24. The monoisotopic (exact) mass is 484 g/mol. The van der Waals surface area contributed by atoms with E-state index in [-0.39, 0.29) is 11.8 Å². The normalized spacial score (nSPS) is 10.8. The predicted molar refractivity (Wildman–Crippen MR) is 142 cm³/mol. The molecule has 3 aromatic carbocycles. The van der Waals surface area contributed by atoms with Crippen LogP contribution < -0.4 is 15.4 Å². The maximum absolute atomic E-state index is 12.7. The average molecular weight is 485 g/mol. The van der Waals surface area contributed by atoms with Gasteiger partial charge in [0.05, 0.1) is 17.6 Å². The van der Waals surface area contributed by atoms with Crippen LogP contribution in [0.4, 0.5) is 5.69 Å². The molecule has 3 N–H and O–H groups in total. The molecule has 0 saturated heterocycles. The molecule has 0 aliphatic heterocycles. The average Bonchev–Trinajstić information content (AvgIpc) is 3.33. The number of carbonyl (C=O) groups is 2. The van der Waals surface area contributed by atoms with Crippen LogP contribution in [-0.2, 0) is 24.2 Å². The third kappa shape index (κ3) is 6.72. The van der Waals surface area contributed by atoms with Crippen LogP contribution >= 0.6 is 0 Å². The first-order valence-electron chi connectivity index (χ1n) is 12.4. The molecular formula is C29H32N4O3. The summed E-state index contributed by atoms with van der Waals surface area (Å²) in [6.07, 6.45) is 2.99. The maximum Gasteiger partial charge on any atom is 0.251 e. The quantitative estimate of drug-likeness (QED) is 0.265. The highest BCUT2D eigenvalue weighted by Gasteiger charge is 2.10. The molecule has 0 radical (unpaired) electrons. The molecule has 0 bridgehead atoms. The second kappa shape index (κ2) is 12.0. The molecule has 0 spiro atoms. The van der Waals surface area contributed by atoms with Crippen molar-refractivity contribution >= 4 is 28.5 Å². The number of aryl methyl sites for hydroxylation is 2. The van der Waals surface area contributed by atoms with Crippen molar-refractivity contribution in [2.24, 2.45) is 0 Å². The largest absolute Gasteiger partial charge is 0.494 e. The molecule has 0 unspecified atom stereocenters. The number of amides is 2. The van der Waals surface area contributed by atoms with E-state index in [0.717, 1.165) is 58.7 Å². The molecule has 0 aliphatic carbocycles. The highest BCUT2D eigenvalue weighted by molar-refractivity contribution is 5.97. The van der Waals surface area contributed by atoms with E-state index < -0.39 is 0 Å². The molecule has 4 aromatic rings. The summed E-state index contributed by atoms with van der Waals surface area (Å²) in [6.45, 7) is 5.04. The number of anilines is 1. The van der Waals surface area contributed by atoms with Gasteiger partial charge in [0.2, 0.25) is 5.91 Å². The molecule has 7 heteroatoms. The highest BCUT2D eigenvalue weighted by Crippen LogP contribution is 2.17. The fourth-order valence-electron chi connectivity index (χ4n) is 3.80. The Kier molecular flexibility index (Phi) is 8.34. The molecule has 186 valence electrons. The van der Waals surface area contributed by atoms with Gasteiger partial charge >= 0.3 is 0 Å². The van der Waals surface area contributed by atoms with Gasteiger partial charge in [0.1, 0.15) is 11.6 Å². The summed E-state index contributed by atoms with van der Waals surface area (Å²) < 4.78 is 5.60. The lowest BCUT2D eigenvalue weighted by Crippen LogP contribution is -2.22. The van der Waals surface area contributed by atoms with Gasteiger partial charge in [-0.05, 0) is 66.4 Å². The molecule has 0 saturated carbocycles. The van der Waals surface area contributed by atoms with Crippen molar-refractivity contribution in [3.05, 3.63) is 89.2 Å². The van der Waals surface area contributed by atoms with Crippen molar-refractivity contribution in [2.45, 2.75) is 46.1 Å². The van der Waals surface area contributed by atoms with Crippen LogP contribution in [0, 0.1) is 0 Å². The van der Waals surface area contributed by atoms with E-state index in [1.165, 1.54) is 0 Å². The first kappa shape index (κ1) is 25.0. The molecule has 1 heterocycles. The van der Waals surface area contributed by atoms with E-state index in [1.807, 2.05) is 67.6 Å². The third-order valence-corrected chi connectivity index (χ3v) is 5.85. The minimum atomic E-state index is -0.130. The van der Waals surface area contributed by atoms with Crippen molar-refractivity contribution in [3.63, 3.8) is 0 Å². The third-order valence-electron chi connectivity index (χ3n) is 5.85. The van der Waals surface area contributed by atoms with Crippen LogP contribution in [0.15, 0.2) is 66.7 Å². The van der Waals surface area contributed by atoms with Crippen LogP contribution in [0.1, 0.15) is 54.0 Å².